The first kappa shape index (κ1) is 15.3. The molecule has 0 radical (unpaired) electrons. The summed E-state index contributed by atoms with van der Waals surface area (Å²) in [5.74, 6) is -1.85. The molecule has 108 valence electrons. The molecule has 1 aromatic rings. The average molecular weight is 281 g/mol. The predicted octanol–water partition coefficient (Wildman–Crippen LogP) is 0.578. The van der Waals surface area contributed by atoms with E-state index in [9.17, 15) is 18.0 Å². The highest BCUT2D eigenvalue weighted by atomic mass is 19.4. The van der Waals surface area contributed by atoms with Gasteiger partial charge in [-0.25, -0.2) is 9.48 Å². The fourth-order valence-electron chi connectivity index (χ4n) is 1.29. The number of tetrazole rings is 1. The molecule has 0 saturated heterocycles. The molecule has 1 atom stereocenters. The standard InChI is InChI=1S/C9H14F3N5O2/c1-3-4-17-6(14-15-16-17)5-13-8(2,7(18)19)9(10,11)12/h13H,3-5H2,1-2H3,(H,18,19). The number of aromatic nitrogens is 4. The van der Waals surface area contributed by atoms with Crippen LogP contribution in [0.2, 0.25) is 0 Å². The molecule has 0 amide bonds. The van der Waals surface area contributed by atoms with Gasteiger partial charge in [-0.05, 0) is 23.8 Å². The van der Waals surface area contributed by atoms with Crippen LogP contribution in [0.3, 0.4) is 0 Å². The molecular weight excluding hydrogens is 267 g/mol. The van der Waals surface area contributed by atoms with Gasteiger partial charge < -0.3 is 5.11 Å². The number of carboxylic acid groups (broad SMARTS) is 1. The second kappa shape index (κ2) is 5.51. The number of halogens is 3. The van der Waals surface area contributed by atoms with E-state index in [0.717, 1.165) is 0 Å². The van der Waals surface area contributed by atoms with E-state index in [1.807, 2.05) is 12.2 Å². The van der Waals surface area contributed by atoms with Gasteiger partial charge in [-0.3, -0.25) is 5.32 Å². The van der Waals surface area contributed by atoms with Crippen molar-refractivity contribution in [1.29, 1.82) is 0 Å². The number of hydrogen-bond donors (Lipinski definition) is 2. The number of alkyl halides is 3. The monoisotopic (exact) mass is 281 g/mol. The van der Waals surface area contributed by atoms with Crippen molar-refractivity contribution in [3.8, 4) is 0 Å². The largest absolute Gasteiger partial charge is 0.480 e. The first-order valence-electron chi connectivity index (χ1n) is 5.52. The van der Waals surface area contributed by atoms with Crippen LogP contribution in [0.15, 0.2) is 0 Å². The third kappa shape index (κ3) is 3.19. The van der Waals surface area contributed by atoms with Crippen molar-refractivity contribution in [3.05, 3.63) is 5.82 Å². The van der Waals surface area contributed by atoms with Crippen LogP contribution < -0.4 is 5.32 Å². The van der Waals surface area contributed by atoms with E-state index in [1.54, 1.807) is 0 Å². The van der Waals surface area contributed by atoms with Gasteiger partial charge in [0, 0.05) is 6.54 Å². The van der Waals surface area contributed by atoms with E-state index in [0.29, 0.717) is 19.9 Å². The van der Waals surface area contributed by atoms with Gasteiger partial charge in [-0.2, -0.15) is 13.2 Å². The molecule has 0 fully saturated rings. The van der Waals surface area contributed by atoms with Crippen molar-refractivity contribution in [2.45, 2.75) is 45.1 Å². The van der Waals surface area contributed by atoms with Crippen LogP contribution in [-0.4, -0.2) is 43.0 Å². The molecule has 0 aliphatic rings. The van der Waals surface area contributed by atoms with Crippen LogP contribution in [0.4, 0.5) is 13.2 Å². The Morgan fingerprint density at radius 2 is 2.11 bits per heavy atom. The summed E-state index contributed by atoms with van der Waals surface area (Å²) in [6.07, 6.45) is -4.23. The Morgan fingerprint density at radius 1 is 1.47 bits per heavy atom. The zero-order valence-corrected chi connectivity index (χ0v) is 10.4. The maximum Gasteiger partial charge on any atom is 0.417 e. The zero-order valence-electron chi connectivity index (χ0n) is 10.4. The van der Waals surface area contributed by atoms with E-state index >= 15 is 0 Å². The molecule has 7 nitrogen and oxygen atoms in total. The SMILES string of the molecule is CCCn1nnnc1CNC(C)(C(=O)O)C(F)(F)F. The lowest BCUT2D eigenvalue weighted by Gasteiger charge is -2.28. The van der Waals surface area contributed by atoms with Crippen molar-refractivity contribution in [2.24, 2.45) is 0 Å². The summed E-state index contributed by atoms with van der Waals surface area (Å²) in [6, 6.07) is 0. The summed E-state index contributed by atoms with van der Waals surface area (Å²) in [7, 11) is 0. The molecule has 0 spiro atoms. The number of carbonyl (C=O) groups is 1. The molecule has 1 aromatic heterocycles. The molecule has 1 unspecified atom stereocenters. The molecule has 0 aliphatic carbocycles. The lowest BCUT2D eigenvalue weighted by molar-refractivity contribution is -0.206. The Hall–Kier alpha value is -1.71. The minimum absolute atomic E-state index is 0.151. The van der Waals surface area contributed by atoms with E-state index in [1.165, 1.54) is 4.68 Å². The Labute approximate surface area is 106 Å². The van der Waals surface area contributed by atoms with Crippen LogP contribution in [0, 0.1) is 0 Å². The molecule has 0 bridgehead atoms. The van der Waals surface area contributed by atoms with Gasteiger partial charge in [-0.1, -0.05) is 6.92 Å². The summed E-state index contributed by atoms with van der Waals surface area (Å²) in [6.45, 7) is 2.47. The maximum absolute atomic E-state index is 12.7. The molecule has 0 aromatic carbocycles. The Kier molecular flexibility index (Phi) is 4.45. The van der Waals surface area contributed by atoms with E-state index < -0.39 is 24.2 Å². The third-order valence-corrected chi connectivity index (χ3v) is 2.64. The minimum atomic E-state index is -4.93. The first-order chi connectivity index (χ1) is 8.72. The van der Waals surface area contributed by atoms with Gasteiger partial charge in [0.1, 0.15) is 0 Å². The number of carboxylic acids is 1. The average Bonchev–Trinajstić information content (AvgIpc) is 2.72. The number of aryl methyl sites for hydroxylation is 1. The third-order valence-electron chi connectivity index (χ3n) is 2.64. The smallest absolute Gasteiger partial charge is 0.417 e. The van der Waals surface area contributed by atoms with Crippen LogP contribution in [0.5, 0.6) is 0 Å². The highest BCUT2D eigenvalue weighted by molar-refractivity contribution is 5.79. The van der Waals surface area contributed by atoms with Gasteiger partial charge in [0.2, 0.25) is 5.54 Å². The number of nitrogens with one attached hydrogen (secondary N) is 1. The molecule has 1 rings (SSSR count). The highest BCUT2D eigenvalue weighted by Gasteiger charge is 2.57. The fourth-order valence-corrected chi connectivity index (χ4v) is 1.29. The van der Waals surface area contributed by atoms with Crippen LogP contribution in [0.25, 0.3) is 0 Å². The second-order valence-corrected chi connectivity index (χ2v) is 4.10. The Balaban J connectivity index is 2.83. The van der Waals surface area contributed by atoms with E-state index in [2.05, 4.69) is 15.5 Å². The molecule has 0 saturated carbocycles. The molecule has 1 heterocycles. The second-order valence-electron chi connectivity index (χ2n) is 4.10. The number of rotatable bonds is 6. The van der Waals surface area contributed by atoms with Gasteiger partial charge in [-0.15, -0.1) is 5.10 Å². The number of aliphatic carboxylic acids is 1. The molecule has 10 heteroatoms. The number of nitrogens with zero attached hydrogens (tertiary/aromatic N) is 4. The first-order valence-corrected chi connectivity index (χ1v) is 5.52. The lowest BCUT2D eigenvalue weighted by atomic mass is 10.0. The molecule has 0 aliphatic heterocycles. The van der Waals surface area contributed by atoms with Gasteiger partial charge in [0.15, 0.2) is 5.82 Å². The molecular formula is C9H14F3N5O2. The quantitative estimate of drug-likeness (QED) is 0.792. The van der Waals surface area contributed by atoms with Crippen molar-refractivity contribution in [1.82, 2.24) is 25.5 Å². The van der Waals surface area contributed by atoms with Crippen molar-refractivity contribution < 1.29 is 23.1 Å². The van der Waals surface area contributed by atoms with Gasteiger partial charge in [0.25, 0.3) is 0 Å². The predicted molar refractivity (Wildman–Crippen MR) is 57.0 cm³/mol. The van der Waals surface area contributed by atoms with Crippen molar-refractivity contribution in [2.75, 3.05) is 0 Å². The lowest BCUT2D eigenvalue weighted by Crippen LogP contribution is -2.60. The Morgan fingerprint density at radius 3 is 2.58 bits per heavy atom. The van der Waals surface area contributed by atoms with E-state index in [-0.39, 0.29) is 5.82 Å². The maximum atomic E-state index is 12.7. The normalized spacial score (nSPS) is 15.2. The topological polar surface area (TPSA) is 92.9 Å². The summed E-state index contributed by atoms with van der Waals surface area (Å²) < 4.78 is 39.5. The van der Waals surface area contributed by atoms with Gasteiger partial charge in [0.05, 0.1) is 6.54 Å². The van der Waals surface area contributed by atoms with Crippen LogP contribution >= 0.6 is 0 Å². The van der Waals surface area contributed by atoms with Crippen LogP contribution in [0.1, 0.15) is 26.1 Å². The van der Waals surface area contributed by atoms with Crippen molar-refractivity contribution in [3.63, 3.8) is 0 Å². The molecule has 2 N–H and O–H groups in total. The van der Waals surface area contributed by atoms with E-state index in [4.69, 9.17) is 5.11 Å². The zero-order chi connectivity index (χ0) is 14.7. The van der Waals surface area contributed by atoms with Gasteiger partial charge >= 0.3 is 12.1 Å². The summed E-state index contributed by atoms with van der Waals surface area (Å²) >= 11 is 0. The highest BCUT2D eigenvalue weighted by Crippen LogP contribution is 2.30. The minimum Gasteiger partial charge on any atom is -0.480 e. The summed E-state index contributed by atoms with van der Waals surface area (Å²) in [4.78, 5) is 10.8. The summed E-state index contributed by atoms with van der Waals surface area (Å²) in [5.41, 5.74) is -3.05. The fraction of sp³-hybridized carbons (Fsp3) is 0.778. The number of hydrogen-bond acceptors (Lipinski definition) is 5. The van der Waals surface area contributed by atoms with Crippen molar-refractivity contribution >= 4 is 5.97 Å². The summed E-state index contributed by atoms with van der Waals surface area (Å²) in [5, 5.41) is 21.2. The van der Waals surface area contributed by atoms with Crippen LogP contribution in [-0.2, 0) is 17.9 Å². The Bertz CT molecular complexity index is 447. The molecule has 19 heavy (non-hydrogen) atoms.